The first-order chi connectivity index (χ1) is 10.4. The van der Waals surface area contributed by atoms with Crippen molar-refractivity contribution in [2.24, 2.45) is 0 Å². The van der Waals surface area contributed by atoms with Crippen molar-refractivity contribution in [3.8, 4) is 11.6 Å². The second-order valence-electron chi connectivity index (χ2n) is 4.69. The van der Waals surface area contributed by atoms with Crippen LogP contribution in [-0.2, 0) is 11.3 Å². The van der Waals surface area contributed by atoms with Gasteiger partial charge in [-0.15, -0.1) is 0 Å². The first kappa shape index (κ1) is 13.7. The van der Waals surface area contributed by atoms with Crippen LogP contribution < -0.4 is 5.32 Å². The van der Waals surface area contributed by atoms with Gasteiger partial charge in [-0.25, -0.2) is 9.97 Å². The topological polar surface area (TPSA) is 60.2 Å². The van der Waals surface area contributed by atoms with Crippen LogP contribution in [-0.4, -0.2) is 30.2 Å². The lowest BCUT2D eigenvalue weighted by Gasteiger charge is -2.04. The zero-order chi connectivity index (χ0) is 14.5. The molecule has 3 aromatic rings. The van der Waals surface area contributed by atoms with Gasteiger partial charge in [-0.3, -0.25) is 0 Å². The van der Waals surface area contributed by atoms with E-state index in [0.29, 0.717) is 24.7 Å². The Balaban J connectivity index is 1.78. The number of benzene rings is 1. The molecule has 2 aromatic heterocycles. The second kappa shape index (κ2) is 6.47. The van der Waals surface area contributed by atoms with Crippen LogP contribution in [0.25, 0.3) is 22.6 Å². The molecular formula is C16H17N3O2. The summed E-state index contributed by atoms with van der Waals surface area (Å²) in [5.74, 6) is 1.30. The van der Waals surface area contributed by atoms with E-state index in [9.17, 15) is 0 Å². The monoisotopic (exact) mass is 283 g/mol. The Labute approximate surface area is 123 Å². The highest BCUT2D eigenvalue weighted by Gasteiger charge is 2.09. The molecule has 0 radical (unpaired) electrons. The summed E-state index contributed by atoms with van der Waals surface area (Å²) >= 11 is 0. The minimum Gasteiger partial charge on any atom is -0.453 e. The Morgan fingerprint density at radius 2 is 2.14 bits per heavy atom. The lowest BCUT2D eigenvalue weighted by Crippen LogP contribution is -2.19. The first-order valence-corrected chi connectivity index (χ1v) is 6.87. The molecule has 21 heavy (non-hydrogen) atoms. The normalized spacial score (nSPS) is 11.1. The summed E-state index contributed by atoms with van der Waals surface area (Å²) in [5, 5.41) is 4.32. The third-order valence-electron chi connectivity index (χ3n) is 3.15. The number of fused-ring (bicyclic) bond motifs is 1. The van der Waals surface area contributed by atoms with Gasteiger partial charge in [0.15, 0.2) is 11.6 Å². The molecule has 0 unspecified atom stereocenters. The Hall–Kier alpha value is -2.24. The highest BCUT2D eigenvalue weighted by atomic mass is 16.5. The predicted molar refractivity (Wildman–Crippen MR) is 80.8 cm³/mol. The van der Waals surface area contributed by atoms with Crippen LogP contribution in [0.5, 0.6) is 0 Å². The molecule has 0 aliphatic rings. The van der Waals surface area contributed by atoms with E-state index in [4.69, 9.17) is 9.15 Å². The van der Waals surface area contributed by atoms with Gasteiger partial charge in [-0.05, 0) is 18.2 Å². The van der Waals surface area contributed by atoms with Crippen LogP contribution in [0.3, 0.4) is 0 Å². The molecule has 5 nitrogen and oxygen atoms in total. The summed E-state index contributed by atoms with van der Waals surface area (Å²) in [4.78, 5) is 8.82. The molecule has 2 heterocycles. The molecule has 0 aliphatic carbocycles. The van der Waals surface area contributed by atoms with E-state index in [1.165, 1.54) is 0 Å². The molecule has 108 valence electrons. The molecule has 0 saturated heterocycles. The van der Waals surface area contributed by atoms with Crippen LogP contribution >= 0.6 is 0 Å². The first-order valence-electron chi connectivity index (χ1n) is 6.87. The van der Waals surface area contributed by atoms with E-state index in [2.05, 4.69) is 15.3 Å². The van der Waals surface area contributed by atoms with Gasteiger partial charge in [0.2, 0.25) is 0 Å². The SMILES string of the molecule is COCCNCc1ccnc(-c2cc3ccccc3o2)n1. The highest BCUT2D eigenvalue weighted by Crippen LogP contribution is 2.25. The van der Waals surface area contributed by atoms with E-state index in [1.807, 2.05) is 36.4 Å². The van der Waals surface area contributed by atoms with Crippen molar-refractivity contribution in [3.63, 3.8) is 0 Å². The van der Waals surface area contributed by atoms with E-state index in [1.54, 1.807) is 13.3 Å². The maximum absolute atomic E-state index is 5.79. The van der Waals surface area contributed by atoms with Gasteiger partial charge >= 0.3 is 0 Å². The lowest BCUT2D eigenvalue weighted by atomic mass is 10.2. The van der Waals surface area contributed by atoms with Gasteiger partial charge in [0.05, 0.1) is 12.3 Å². The summed E-state index contributed by atoms with van der Waals surface area (Å²) in [7, 11) is 1.69. The number of methoxy groups -OCH3 is 1. The maximum Gasteiger partial charge on any atom is 0.195 e. The Bertz CT molecular complexity index is 691. The molecule has 0 spiro atoms. The van der Waals surface area contributed by atoms with Crippen molar-refractivity contribution >= 4 is 11.0 Å². The van der Waals surface area contributed by atoms with Gasteiger partial charge in [0.25, 0.3) is 0 Å². The van der Waals surface area contributed by atoms with E-state index >= 15 is 0 Å². The summed E-state index contributed by atoms with van der Waals surface area (Å²) in [6.07, 6.45) is 1.75. The Morgan fingerprint density at radius 1 is 1.24 bits per heavy atom. The standard InChI is InChI=1S/C16H17N3O2/c1-20-9-8-17-11-13-6-7-18-16(19-13)15-10-12-4-2-3-5-14(12)21-15/h2-7,10,17H,8-9,11H2,1H3. The number of para-hydroxylation sites is 1. The zero-order valence-electron chi connectivity index (χ0n) is 11.9. The van der Waals surface area contributed by atoms with Crippen LogP contribution in [0.2, 0.25) is 0 Å². The quantitative estimate of drug-likeness (QED) is 0.705. The Kier molecular flexibility index (Phi) is 4.23. The smallest absolute Gasteiger partial charge is 0.195 e. The molecule has 0 bridgehead atoms. The zero-order valence-corrected chi connectivity index (χ0v) is 11.9. The number of nitrogens with one attached hydrogen (secondary N) is 1. The predicted octanol–water partition coefficient (Wildman–Crippen LogP) is 2.63. The fourth-order valence-electron chi connectivity index (χ4n) is 2.10. The molecule has 0 atom stereocenters. The van der Waals surface area contributed by atoms with E-state index < -0.39 is 0 Å². The maximum atomic E-state index is 5.79. The number of nitrogens with zero attached hydrogens (tertiary/aromatic N) is 2. The van der Waals surface area contributed by atoms with Gasteiger partial charge in [-0.2, -0.15) is 0 Å². The summed E-state index contributed by atoms with van der Waals surface area (Å²) in [6, 6.07) is 11.7. The molecule has 1 aromatic carbocycles. The van der Waals surface area contributed by atoms with Crippen molar-refractivity contribution < 1.29 is 9.15 Å². The molecule has 3 rings (SSSR count). The van der Waals surface area contributed by atoms with Crippen molar-refractivity contribution in [2.45, 2.75) is 6.54 Å². The van der Waals surface area contributed by atoms with Crippen LogP contribution in [0.1, 0.15) is 5.69 Å². The number of rotatable bonds is 6. The molecular weight excluding hydrogens is 266 g/mol. The molecule has 0 saturated carbocycles. The van der Waals surface area contributed by atoms with Gasteiger partial charge in [0.1, 0.15) is 5.58 Å². The van der Waals surface area contributed by atoms with Crippen LogP contribution in [0.4, 0.5) is 0 Å². The molecule has 0 aliphatic heterocycles. The average molecular weight is 283 g/mol. The van der Waals surface area contributed by atoms with Gasteiger partial charge < -0.3 is 14.5 Å². The fraction of sp³-hybridized carbons (Fsp3) is 0.250. The third kappa shape index (κ3) is 3.26. The van der Waals surface area contributed by atoms with Crippen molar-refractivity contribution in [1.82, 2.24) is 15.3 Å². The number of ether oxygens (including phenoxy) is 1. The van der Waals surface area contributed by atoms with E-state index in [0.717, 1.165) is 23.2 Å². The summed E-state index contributed by atoms with van der Waals surface area (Å²) in [5.41, 5.74) is 1.77. The number of aromatic nitrogens is 2. The van der Waals surface area contributed by atoms with Gasteiger partial charge in [0, 0.05) is 31.8 Å². The second-order valence-corrected chi connectivity index (χ2v) is 4.69. The van der Waals surface area contributed by atoms with Crippen LogP contribution in [0, 0.1) is 0 Å². The van der Waals surface area contributed by atoms with Gasteiger partial charge in [-0.1, -0.05) is 18.2 Å². The van der Waals surface area contributed by atoms with E-state index in [-0.39, 0.29) is 0 Å². The number of hydrogen-bond donors (Lipinski definition) is 1. The minimum atomic E-state index is 0.609. The lowest BCUT2D eigenvalue weighted by molar-refractivity contribution is 0.199. The molecule has 0 amide bonds. The largest absolute Gasteiger partial charge is 0.453 e. The molecule has 5 heteroatoms. The van der Waals surface area contributed by atoms with Crippen LogP contribution in [0.15, 0.2) is 47.0 Å². The summed E-state index contributed by atoms with van der Waals surface area (Å²) in [6.45, 7) is 2.15. The average Bonchev–Trinajstić information content (AvgIpc) is 2.96. The fourth-order valence-corrected chi connectivity index (χ4v) is 2.10. The number of furan rings is 1. The van der Waals surface area contributed by atoms with Crippen molar-refractivity contribution in [3.05, 3.63) is 48.3 Å². The van der Waals surface area contributed by atoms with Crippen molar-refractivity contribution in [1.29, 1.82) is 0 Å². The molecule has 1 N–H and O–H groups in total. The summed E-state index contributed by atoms with van der Waals surface area (Å²) < 4.78 is 10.8. The van der Waals surface area contributed by atoms with Crippen molar-refractivity contribution in [2.75, 3.05) is 20.3 Å². The minimum absolute atomic E-state index is 0.609. The number of hydrogen-bond acceptors (Lipinski definition) is 5. The highest BCUT2D eigenvalue weighted by molar-refractivity contribution is 5.81. The third-order valence-corrected chi connectivity index (χ3v) is 3.15. The molecule has 0 fully saturated rings. The Morgan fingerprint density at radius 3 is 3.00 bits per heavy atom.